The number of carbonyl (C=O) groups is 3. The lowest BCUT2D eigenvalue weighted by atomic mass is 9.92. The molecule has 210 valence electrons. The lowest BCUT2D eigenvalue weighted by molar-refractivity contribution is -0.123. The number of methoxy groups -OCH3 is 2. The van der Waals surface area contributed by atoms with Gasteiger partial charge in [-0.1, -0.05) is 31.4 Å². The van der Waals surface area contributed by atoms with Crippen LogP contribution in [0.25, 0.3) is 22.6 Å². The number of anilines is 1. The molecule has 0 bridgehead atoms. The number of fused-ring (bicyclic) bond motifs is 1. The third kappa shape index (κ3) is 4.92. The van der Waals surface area contributed by atoms with Gasteiger partial charge in [0.25, 0.3) is 11.8 Å². The molecule has 1 unspecified atom stereocenters. The van der Waals surface area contributed by atoms with Crippen LogP contribution in [-0.4, -0.2) is 53.9 Å². The summed E-state index contributed by atoms with van der Waals surface area (Å²) in [6.07, 6.45) is 4.53. The van der Waals surface area contributed by atoms with Crippen molar-refractivity contribution in [2.45, 2.75) is 50.6 Å². The first-order valence-electron chi connectivity index (χ1n) is 13.9. The fourth-order valence-electron chi connectivity index (χ4n) is 5.89. The zero-order valence-electron chi connectivity index (χ0n) is 23.0. The molecule has 9 nitrogen and oxygen atoms in total. The van der Waals surface area contributed by atoms with Crippen molar-refractivity contribution in [1.29, 1.82) is 0 Å². The molecule has 3 aromatic carbocycles. The van der Waals surface area contributed by atoms with Gasteiger partial charge in [0.15, 0.2) is 17.1 Å². The number of ether oxygens (including phenoxy) is 2. The Morgan fingerprint density at radius 3 is 2.37 bits per heavy atom. The van der Waals surface area contributed by atoms with Crippen molar-refractivity contribution in [1.82, 2.24) is 9.88 Å². The van der Waals surface area contributed by atoms with Gasteiger partial charge in [0.1, 0.15) is 11.6 Å². The highest BCUT2D eigenvalue weighted by molar-refractivity contribution is 6.23. The van der Waals surface area contributed by atoms with Crippen LogP contribution in [0.2, 0.25) is 0 Å². The van der Waals surface area contributed by atoms with Crippen LogP contribution in [0, 0.1) is 0 Å². The Bertz CT molecular complexity index is 1570. The van der Waals surface area contributed by atoms with Crippen LogP contribution < -0.4 is 14.4 Å². The molecule has 4 aromatic rings. The number of nitrogens with zero attached hydrogens (tertiary/aromatic N) is 3. The third-order valence-corrected chi connectivity index (χ3v) is 7.96. The van der Waals surface area contributed by atoms with Crippen LogP contribution in [0.15, 0.2) is 71.1 Å². The predicted molar refractivity (Wildman–Crippen MR) is 153 cm³/mol. The monoisotopic (exact) mass is 553 g/mol. The van der Waals surface area contributed by atoms with E-state index < -0.39 is 11.9 Å². The molecule has 0 radical (unpaired) electrons. The molecule has 3 amide bonds. The predicted octanol–water partition coefficient (Wildman–Crippen LogP) is 5.62. The molecule has 2 heterocycles. The SMILES string of the molecule is COc1ccc(C(=O)N(C2CCCCC2)C2CC(=O)N(c3ccc(-c4nc5ccccc5o4)cc3)C2=O)cc1OC. The summed E-state index contributed by atoms with van der Waals surface area (Å²) >= 11 is 0. The summed E-state index contributed by atoms with van der Waals surface area (Å²) in [5.41, 5.74) is 3.00. The summed E-state index contributed by atoms with van der Waals surface area (Å²) < 4.78 is 16.6. The lowest BCUT2D eigenvalue weighted by Crippen LogP contribution is -2.51. The van der Waals surface area contributed by atoms with Crippen molar-refractivity contribution < 1.29 is 28.3 Å². The average Bonchev–Trinajstić information content (AvgIpc) is 3.57. The molecule has 1 aliphatic carbocycles. The Morgan fingerprint density at radius 1 is 0.927 bits per heavy atom. The van der Waals surface area contributed by atoms with E-state index in [1.165, 1.54) is 19.1 Å². The maximum Gasteiger partial charge on any atom is 0.257 e. The van der Waals surface area contributed by atoms with Crippen LogP contribution in [0.5, 0.6) is 11.5 Å². The second-order valence-electron chi connectivity index (χ2n) is 10.4. The Kier molecular flexibility index (Phi) is 7.17. The molecular weight excluding hydrogens is 522 g/mol. The van der Waals surface area contributed by atoms with Crippen molar-refractivity contribution in [2.75, 3.05) is 19.1 Å². The quantitative estimate of drug-likeness (QED) is 0.274. The van der Waals surface area contributed by atoms with E-state index in [0.29, 0.717) is 34.2 Å². The van der Waals surface area contributed by atoms with Crippen molar-refractivity contribution in [3.05, 3.63) is 72.3 Å². The van der Waals surface area contributed by atoms with Crippen LogP contribution in [0.1, 0.15) is 48.9 Å². The Labute approximate surface area is 237 Å². The summed E-state index contributed by atoms with van der Waals surface area (Å²) in [6, 6.07) is 18.4. The van der Waals surface area contributed by atoms with E-state index in [9.17, 15) is 14.4 Å². The first kappa shape index (κ1) is 26.6. The average molecular weight is 554 g/mol. The number of oxazole rings is 1. The molecular formula is C32H31N3O6. The highest BCUT2D eigenvalue weighted by Crippen LogP contribution is 2.35. The van der Waals surface area contributed by atoms with E-state index in [0.717, 1.165) is 43.2 Å². The number of hydrogen-bond donors (Lipinski definition) is 0. The fourth-order valence-corrected chi connectivity index (χ4v) is 5.89. The van der Waals surface area contributed by atoms with Gasteiger partial charge in [-0.05, 0) is 67.4 Å². The molecule has 0 spiro atoms. The van der Waals surface area contributed by atoms with Crippen molar-refractivity contribution in [3.63, 3.8) is 0 Å². The molecule has 2 aliphatic rings. The van der Waals surface area contributed by atoms with E-state index in [2.05, 4.69) is 4.98 Å². The summed E-state index contributed by atoms with van der Waals surface area (Å²) in [6.45, 7) is 0. The Morgan fingerprint density at radius 2 is 1.66 bits per heavy atom. The number of benzene rings is 3. The van der Waals surface area contributed by atoms with Crippen molar-refractivity contribution >= 4 is 34.5 Å². The second-order valence-corrected chi connectivity index (χ2v) is 10.4. The van der Waals surface area contributed by atoms with Crippen molar-refractivity contribution in [2.24, 2.45) is 0 Å². The van der Waals surface area contributed by atoms with E-state index in [1.807, 2.05) is 24.3 Å². The number of rotatable bonds is 7. The summed E-state index contributed by atoms with van der Waals surface area (Å²) in [4.78, 5) is 48.5. The molecule has 1 aliphatic heterocycles. The standard InChI is InChI=1S/C32H31N3O6/c1-39-27-17-14-21(18-28(27)40-2)31(37)34(22-8-4-3-5-9-22)25-19-29(36)35(32(25)38)23-15-12-20(13-16-23)30-33-24-10-6-7-11-26(24)41-30/h6-7,10-18,22,25H,3-5,8-9,19H2,1-2H3. The Hall–Kier alpha value is -4.66. The van der Waals surface area contributed by atoms with Gasteiger partial charge >= 0.3 is 0 Å². The first-order chi connectivity index (χ1) is 20.0. The van der Waals surface area contributed by atoms with Gasteiger partial charge in [-0.15, -0.1) is 0 Å². The first-order valence-corrected chi connectivity index (χ1v) is 13.9. The molecule has 1 atom stereocenters. The number of para-hydroxylation sites is 2. The highest BCUT2D eigenvalue weighted by Gasteiger charge is 2.46. The van der Waals surface area contributed by atoms with E-state index in [4.69, 9.17) is 13.9 Å². The smallest absolute Gasteiger partial charge is 0.257 e. The summed E-state index contributed by atoms with van der Waals surface area (Å²) in [5, 5.41) is 0. The van der Waals surface area contributed by atoms with E-state index in [1.54, 1.807) is 47.4 Å². The van der Waals surface area contributed by atoms with E-state index in [-0.39, 0.29) is 24.3 Å². The number of imide groups is 1. The minimum atomic E-state index is -0.886. The van der Waals surface area contributed by atoms with Crippen molar-refractivity contribution in [3.8, 4) is 23.0 Å². The van der Waals surface area contributed by atoms with Gasteiger partial charge in [-0.25, -0.2) is 9.88 Å². The maximum absolute atomic E-state index is 14.0. The van der Waals surface area contributed by atoms with Crippen LogP contribution >= 0.6 is 0 Å². The summed E-state index contributed by atoms with van der Waals surface area (Å²) in [7, 11) is 3.04. The van der Waals surface area contributed by atoms with Gasteiger partial charge in [0.2, 0.25) is 11.8 Å². The van der Waals surface area contributed by atoms with Gasteiger partial charge in [-0.2, -0.15) is 0 Å². The molecule has 1 saturated carbocycles. The zero-order chi connectivity index (χ0) is 28.5. The number of hydrogen-bond acceptors (Lipinski definition) is 7. The molecule has 9 heteroatoms. The van der Waals surface area contributed by atoms with E-state index >= 15 is 0 Å². The fraction of sp³-hybridized carbons (Fsp3) is 0.312. The second kappa shape index (κ2) is 11.1. The summed E-state index contributed by atoms with van der Waals surface area (Å²) in [5.74, 6) is 0.361. The van der Waals surface area contributed by atoms with Crippen LogP contribution in [0.3, 0.4) is 0 Å². The molecule has 2 fully saturated rings. The minimum absolute atomic E-state index is 0.0682. The zero-order valence-corrected chi connectivity index (χ0v) is 23.0. The molecule has 6 rings (SSSR count). The molecule has 41 heavy (non-hydrogen) atoms. The number of amides is 3. The Balaban J connectivity index is 1.29. The maximum atomic E-state index is 14.0. The molecule has 0 N–H and O–H groups in total. The number of aromatic nitrogens is 1. The number of carbonyl (C=O) groups excluding carboxylic acids is 3. The van der Waals surface area contributed by atoms with Crippen LogP contribution in [-0.2, 0) is 9.59 Å². The molecule has 1 aromatic heterocycles. The van der Waals surface area contributed by atoms with Gasteiger partial charge in [0.05, 0.1) is 26.3 Å². The van der Waals surface area contributed by atoms with Gasteiger partial charge < -0.3 is 18.8 Å². The minimum Gasteiger partial charge on any atom is -0.493 e. The molecule has 1 saturated heterocycles. The highest BCUT2D eigenvalue weighted by atomic mass is 16.5. The normalized spacial score (nSPS) is 17.7. The van der Waals surface area contributed by atoms with Gasteiger partial charge in [-0.3, -0.25) is 14.4 Å². The lowest BCUT2D eigenvalue weighted by Gasteiger charge is -2.37. The largest absolute Gasteiger partial charge is 0.493 e. The third-order valence-electron chi connectivity index (χ3n) is 7.96. The topological polar surface area (TPSA) is 102 Å². The van der Waals surface area contributed by atoms with Gasteiger partial charge in [0, 0.05) is 17.2 Å². The van der Waals surface area contributed by atoms with Crippen LogP contribution in [0.4, 0.5) is 5.69 Å².